The molecule has 6 fully saturated rings. The molecule has 11 rings (SSSR count). The number of ether oxygens (including phenoxy) is 2. The van der Waals surface area contributed by atoms with E-state index < -0.39 is 35.9 Å². The van der Waals surface area contributed by atoms with Gasteiger partial charge in [0.05, 0.1) is 42.0 Å². The minimum Gasteiger partial charge on any atom is -0.483 e. The van der Waals surface area contributed by atoms with Gasteiger partial charge in [0.2, 0.25) is 5.91 Å². The maximum Gasteiger partial charge on any atom is 0.410 e. The van der Waals surface area contributed by atoms with E-state index in [-0.39, 0.29) is 66.0 Å². The van der Waals surface area contributed by atoms with E-state index >= 15 is 8.78 Å². The molecule has 1 aromatic carbocycles. The van der Waals surface area contributed by atoms with Crippen molar-refractivity contribution < 1.29 is 42.3 Å². The number of carbonyl (C=O) groups excluding carboxylic acids is 3. The predicted octanol–water partition coefficient (Wildman–Crippen LogP) is 4.23. The second kappa shape index (κ2) is 18.1. The van der Waals surface area contributed by atoms with Gasteiger partial charge in [-0.15, -0.1) is 0 Å². The number of amides is 3. The van der Waals surface area contributed by atoms with Gasteiger partial charge in [-0.25, -0.2) is 38.2 Å². The van der Waals surface area contributed by atoms with Crippen LogP contribution < -0.4 is 26.0 Å². The van der Waals surface area contributed by atoms with E-state index in [2.05, 4.69) is 61.4 Å². The van der Waals surface area contributed by atoms with Crippen LogP contribution in [0.15, 0.2) is 35.4 Å². The van der Waals surface area contributed by atoms with Gasteiger partial charge < -0.3 is 50.2 Å². The molecule has 2 saturated carbocycles. The number of hydrogen-bond donors (Lipinski definition) is 4. The Morgan fingerprint density at radius 2 is 1.65 bits per heavy atom. The van der Waals surface area contributed by atoms with Crippen LogP contribution in [0.25, 0.3) is 33.8 Å². The fourth-order valence-corrected chi connectivity index (χ4v) is 10.6. The summed E-state index contributed by atoms with van der Waals surface area (Å²) >= 11 is 0. The fourth-order valence-electron chi connectivity index (χ4n) is 10.6. The van der Waals surface area contributed by atoms with Gasteiger partial charge >= 0.3 is 6.09 Å². The van der Waals surface area contributed by atoms with E-state index in [4.69, 9.17) is 24.8 Å². The molecule has 23 heteroatoms. The van der Waals surface area contributed by atoms with Gasteiger partial charge in [0.15, 0.2) is 41.2 Å². The smallest absolute Gasteiger partial charge is 0.410 e. The van der Waals surface area contributed by atoms with E-state index in [1.54, 1.807) is 22.2 Å². The third-order valence-electron chi connectivity index (χ3n) is 15.4. The number of piperazine rings is 1. The molecular formula is C48H58F2N14O7. The first-order chi connectivity index (χ1) is 34.1. The van der Waals surface area contributed by atoms with E-state index in [9.17, 15) is 19.5 Å². The molecule has 71 heavy (non-hydrogen) atoms. The van der Waals surface area contributed by atoms with Crippen molar-refractivity contribution in [1.29, 1.82) is 0 Å². The number of piperidine rings is 2. The molecular weight excluding hydrogens is 923 g/mol. The monoisotopic (exact) mass is 980 g/mol. The van der Waals surface area contributed by atoms with Gasteiger partial charge in [0.1, 0.15) is 47.6 Å². The van der Waals surface area contributed by atoms with Crippen LogP contribution in [0.3, 0.4) is 0 Å². The van der Waals surface area contributed by atoms with Gasteiger partial charge in [0.25, 0.3) is 5.91 Å². The zero-order chi connectivity index (χ0) is 49.3. The molecule has 8 heterocycles. The summed E-state index contributed by atoms with van der Waals surface area (Å²) in [6.07, 6.45) is 8.83. The summed E-state index contributed by atoms with van der Waals surface area (Å²) in [6.45, 7) is 9.76. The summed E-state index contributed by atoms with van der Waals surface area (Å²) in [5, 5.41) is 25.0. The zero-order valence-corrected chi connectivity index (χ0v) is 39.9. The molecule has 4 saturated heterocycles. The number of halogens is 2. The molecule has 5 aromatic rings. The third-order valence-corrected chi connectivity index (χ3v) is 15.4. The predicted molar refractivity (Wildman–Crippen MR) is 253 cm³/mol. The molecule has 4 aromatic heterocycles. The van der Waals surface area contributed by atoms with Crippen LogP contribution in [-0.2, 0) is 19.9 Å². The van der Waals surface area contributed by atoms with Gasteiger partial charge in [-0.05, 0) is 90.2 Å². The first kappa shape index (κ1) is 46.6. The molecule has 2 aliphatic carbocycles. The molecule has 4 aliphatic heterocycles. The molecule has 0 bridgehead atoms. The molecule has 6 aliphatic rings. The maximum absolute atomic E-state index is 15.4. The van der Waals surface area contributed by atoms with Crippen LogP contribution in [-0.4, -0.2) is 155 Å². The van der Waals surface area contributed by atoms with Crippen LogP contribution in [0, 0.1) is 17.6 Å². The number of benzene rings is 1. The standard InChI is InChI=1S/C48H58F2N14O7/c1-47(2,63-16-14-61(15-17-63)40-31(49)18-28(19-32(40)50)56-33-6-7-34(65)57-45(33)67)27-8-12-60(13-9-27)35(66)24-69-46(68)62-22-30(23-62)70-29-20-52-43(53-21-29)36-39(59-71-41(36)26-4-5-26)38-37-42(51)54-25-55-44(37)64(58-38)48(3)10-11-48/h18-21,25-27,30,33-34,56,65H,4-17,22-24H2,1-3H3,(H,57,67)(H2,51,54,55). The summed E-state index contributed by atoms with van der Waals surface area (Å²) in [5.41, 5.74) is 8.35. The SMILES string of the molecule is CC(C)(C1CCN(C(=O)COC(=O)N2CC(Oc3cnc(-c4c(-c5nn(C6(C)CC6)c6ncnc(N)c56)noc4C4CC4)nc3)C2)CC1)N1CCN(c2c(F)cc(NC3CCC(O)NC3=O)cc2F)CC1. The quantitative estimate of drug-likeness (QED) is 0.129. The normalized spacial score (nSPS) is 22.1. The van der Waals surface area contributed by atoms with Gasteiger partial charge in [-0.3, -0.25) is 14.5 Å². The summed E-state index contributed by atoms with van der Waals surface area (Å²) in [6, 6.07) is 1.72. The number of aliphatic hydroxyl groups is 1. The number of nitrogens with one attached hydrogen (secondary N) is 2. The highest BCUT2D eigenvalue weighted by Gasteiger charge is 2.45. The Hall–Kier alpha value is -6.75. The van der Waals surface area contributed by atoms with Crippen LogP contribution >= 0.6 is 0 Å². The van der Waals surface area contributed by atoms with Crippen molar-refractivity contribution >= 4 is 46.1 Å². The Morgan fingerprint density at radius 3 is 2.31 bits per heavy atom. The zero-order valence-electron chi connectivity index (χ0n) is 39.9. The highest BCUT2D eigenvalue weighted by atomic mass is 19.1. The lowest BCUT2D eigenvalue weighted by molar-refractivity contribution is -0.137. The van der Waals surface area contributed by atoms with Crippen LogP contribution in [0.1, 0.15) is 83.8 Å². The second-order valence-corrected chi connectivity index (χ2v) is 20.6. The second-order valence-electron chi connectivity index (χ2n) is 20.6. The molecule has 21 nitrogen and oxygen atoms in total. The minimum atomic E-state index is -0.921. The molecule has 2 unspecified atom stereocenters. The number of nitrogens with two attached hydrogens (primary N) is 1. The van der Waals surface area contributed by atoms with Crippen LogP contribution in [0.4, 0.5) is 30.8 Å². The van der Waals surface area contributed by atoms with Crippen LogP contribution in [0.2, 0.25) is 0 Å². The Bertz CT molecular complexity index is 2830. The average molecular weight is 981 g/mol. The first-order valence-corrected chi connectivity index (χ1v) is 24.6. The number of nitrogens with zero attached hydrogens (tertiary/aromatic N) is 11. The van der Waals surface area contributed by atoms with Crippen molar-refractivity contribution in [1.82, 2.24) is 54.9 Å². The lowest BCUT2D eigenvalue weighted by Gasteiger charge is -2.50. The van der Waals surface area contributed by atoms with Crippen LogP contribution in [0.5, 0.6) is 5.75 Å². The number of carbonyl (C=O) groups is 3. The highest BCUT2D eigenvalue weighted by Crippen LogP contribution is 2.50. The van der Waals surface area contributed by atoms with Crippen molar-refractivity contribution in [2.75, 3.05) is 74.9 Å². The number of rotatable bonds is 13. The fraction of sp³-hybridized carbons (Fsp3) is 0.562. The number of anilines is 3. The van der Waals surface area contributed by atoms with E-state index in [0.29, 0.717) is 103 Å². The number of likely N-dealkylation sites (tertiary alicyclic amines) is 2. The Kier molecular flexibility index (Phi) is 11.9. The Morgan fingerprint density at radius 1 is 0.944 bits per heavy atom. The van der Waals surface area contributed by atoms with E-state index in [1.165, 1.54) is 23.4 Å². The third kappa shape index (κ3) is 9.01. The largest absolute Gasteiger partial charge is 0.483 e. The van der Waals surface area contributed by atoms with E-state index in [1.807, 2.05) is 4.68 Å². The lowest BCUT2D eigenvalue weighted by atomic mass is 9.78. The minimum absolute atomic E-state index is 0.0920. The van der Waals surface area contributed by atoms with Gasteiger partial charge in [-0.2, -0.15) is 5.10 Å². The van der Waals surface area contributed by atoms with Crippen molar-refractivity contribution in [2.24, 2.45) is 5.92 Å². The van der Waals surface area contributed by atoms with Gasteiger partial charge in [-0.1, -0.05) is 5.16 Å². The molecule has 0 spiro atoms. The van der Waals surface area contributed by atoms with Crippen molar-refractivity contribution in [2.45, 2.75) is 108 Å². The molecule has 2 atom stereocenters. The van der Waals surface area contributed by atoms with Crippen molar-refractivity contribution in [3.63, 3.8) is 0 Å². The summed E-state index contributed by atoms with van der Waals surface area (Å²) in [5.74, 6) is 0.185. The van der Waals surface area contributed by atoms with Crippen molar-refractivity contribution in [3.8, 4) is 28.5 Å². The number of fused-ring (bicyclic) bond motifs is 1. The van der Waals surface area contributed by atoms with E-state index in [0.717, 1.165) is 38.5 Å². The summed E-state index contributed by atoms with van der Waals surface area (Å²) < 4.78 is 50.2. The highest BCUT2D eigenvalue weighted by molar-refractivity contribution is 6.00. The Labute approximate surface area is 407 Å². The number of nitrogen functional groups attached to an aromatic ring is 1. The van der Waals surface area contributed by atoms with Crippen molar-refractivity contribution in [3.05, 3.63) is 48.2 Å². The number of aromatic nitrogens is 7. The maximum atomic E-state index is 15.4. The lowest BCUT2D eigenvalue weighted by Crippen LogP contribution is -2.59. The molecule has 3 amide bonds. The first-order valence-electron chi connectivity index (χ1n) is 24.6. The summed E-state index contributed by atoms with van der Waals surface area (Å²) in [4.78, 5) is 63.8. The number of aliphatic hydroxyl groups excluding tert-OH is 1. The summed E-state index contributed by atoms with van der Waals surface area (Å²) in [7, 11) is 0. The van der Waals surface area contributed by atoms with Gasteiger partial charge in [0, 0.05) is 56.4 Å². The topological polar surface area (TPSA) is 248 Å². The number of hydrogen-bond acceptors (Lipinski definition) is 17. The average Bonchev–Trinajstić information content (AvgIpc) is 4.25. The molecule has 5 N–H and O–H groups in total. The molecule has 376 valence electrons. The molecule has 0 radical (unpaired) electrons. The Balaban J connectivity index is 0.629.